The van der Waals surface area contributed by atoms with Crippen molar-refractivity contribution in [2.75, 3.05) is 31.5 Å². The second-order valence-corrected chi connectivity index (χ2v) is 11.2. The van der Waals surface area contributed by atoms with Gasteiger partial charge in [-0.05, 0) is 79.6 Å². The molecule has 0 heterocycles. The predicted molar refractivity (Wildman–Crippen MR) is 183 cm³/mol. The van der Waals surface area contributed by atoms with Gasteiger partial charge >= 0.3 is 0 Å². The number of ether oxygens (including phenoxy) is 3. The van der Waals surface area contributed by atoms with E-state index in [0.29, 0.717) is 52.8 Å². The Bertz CT molecular complexity index is 1690. The molecule has 46 heavy (non-hydrogen) atoms. The van der Waals surface area contributed by atoms with Crippen LogP contribution in [0.25, 0.3) is 6.08 Å². The molecule has 0 bridgehead atoms. The standard InChI is InChI=1S/C36H37N3O6S/c1-5-33(36(42)38-28-17-10-11-18-30(28)45-6-2)46-27-16-12-15-26(23-27)37-35(41)29(39-34(40)25-13-8-7-9-14-25)21-24-19-20-31(43-3)32(22-24)44-4/h7-23,33H,5-6H2,1-4H3,(H,37,41)(H,38,42)(H,39,40)/b29-21+. The molecule has 0 saturated heterocycles. The van der Waals surface area contributed by atoms with Crippen molar-refractivity contribution in [1.29, 1.82) is 0 Å². The summed E-state index contributed by atoms with van der Waals surface area (Å²) < 4.78 is 16.4. The first-order valence-electron chi connectivity index (χ1n) is 14.8. The van der Waals surface area contributed by atoms with Crippen LogP contribution < -0.4 is 30.2 Å². The first-order valence-corrected chi connectivity index (χ1v) is 15.6. The molecule has 9 nitrogen and oxygen atoms in total. The Morgan fingerprint density at radius 1 is 0.783 bits per heavy atom. The van der Waals surface area contributed by atoms with Crippen molar-refractivity contribution >= 4 is 46.9 Å². The maximum Gasteiger partial charge on any atom is 0.272 e. The van der Waals surface area contributed by atoms with E-state index < -0.39 is 17.1 Å². The van der Waals surface area contributed by atoms with Crippen LogP contribution in [0.5, 0.6) is 17.2 Å². The van der Waals surface area contributed by atoms with Crippen LogP contribution in [0.3, 0.4) is 0 Å². The molecule has 0 aliphatic heterocycles. The monoisotopic (exact) mass is 639 g/mol. The Morgan fingerprint density at radius 2 is 1.52 bits per heavy atom. The number of amides is 3. The van der Waals surface area contributed by atoms with Crippen molar-refractivity contribution in [1.82, 2.24) is 5.32 Å². The summed E-state index contributed by atoms with van der Waals surface area (Å²) in [5, 5.41) is 8.21. The van der Waals surface area contributed by atoms with Gasteiger partial charge in [-0.25, -0.2) is 0 Å². The fourth-order valence-corrected chi connectivity index (χ4v) is 5.46. The molecular weight excluding hydrogens is 602 g/mol. The molecule has 4 rings (SSSR count). The fourth-order valence-electron chi connectivity index (χ4n) is 4.45. The number of carbonyl (C=O) groups is 3. The van der Waals surface area contributed by atoms with Crippen LogP contribution in [0.2, 0.25) is 0 Å². The molecular formula is C36H37N3O6S. The molecule has 0 spiro atoms. The summed E-state index contributed by atoms with van der Waals surface area (Å²) in [6.07, 6.45) is 2.14. The van der Waals surface area contributed by atoms with Gasteiger partial charge in [-0.15, -0.1) is 11.8 Å². The zero-order valence-electron chi connectivity index (χ0n) is 26.2. The second kappa shape index (κ2) is 16.7. The van der Waals surface area contributed by atoms with Crippen molar-refractivity contribution in [2.24, 2.45) is 0 Å². The summed E-state index contributed by atoms with van der Waals surface area (Å²) in [6.45, 7) is 4.32. The number of benzene rings is 4. The lowest BCUT2D eigenvalue weighted by Crippen LogP contribution is -2.30. The third-order valence-electron chi connectivity index (χ3n) is 6.73. The molecule has 10 heteroatoms. The normalized spacial score (nSPS) is 11.6. The number of hydrogen-bond acceptors (Lipinski definition) is 7. The predicted octanol–water partition coefficient (Wildman–Crippen LogP) is 7.02. The van der Waals surface area contributed by atoms with E-state index in [0.717, 1.165) is 4.90 Å². The smallest absolute Gasteiger partial charge is 0.272 e. The quantitative estimate of drug-likeness (QED) is 0.100. The molecule has 4 aromatic carbocycles. The molecule has 4 aromatic rings. The van der Waals surface area contributed by atoms with Gasteiger partial charge in [-0.1, -0.05) is 49.4 Å². The second-order valence-electron chi connectivity index (χ2n) is 9.91. The van der Waals surface area contributed by atoms with Crippen molar-refractivity contribution in [2.45, 2.75) is 30.4 Å². The summed E-state index contributed by atoms with van der Waals surface area (Å²) >= 11 is 1.39. The van der Waals surface area contributed by atoms with E-state index in [4.69, 9.17) is 14.2 Å². The summed E-state index contributed by atoms with van der Waals surface area (Å²) in [6, 6.07) is 28.3. The zero-order chi connectivity index (χ0) is 32.9. The summed E-state index contributed by atoms with van der Waals surface area (Å²) in [7, 11) is 3.06. The van der Waals surface area contributed by atoms with Gasteiger partial charge in [-0.3, -0.25) is 14.4 Å². The van der Waals surface area contributed by atoms with Gasteiger partial charge in [0.2, 0.25) is 5.91 Å². The Hall–Kier alpha value is -5.22. The van der Waals surface area contributed by atoms with Gasteiger partial charge < -0.3 is 30.2 Å². The van der Waals surface area contributed by atoms with Crippen molar-refractivity contribution < 1.29 is 28.6 Å². The minimum Gasteiger partial charge on any atom is -0.493 e. The van der Waals surface area contributed by atoms with Crippen LogP contribution in [0, 0.1) is 0 Å². The molecule has 3 amide bonds. The molecule has 0 fully saturated rings. The van der Waals surface area contributed by atoms with Crippen molar-refractivity contribution in [3.05, 3.63) is 114 Å². The molecule has 1 atom stereocenters. The number of anilines is 2. The number of thioether (sulfide) groups is 1. The largest absolute Gasteiger partial charge is 0.493 e. The van der Waals surface area contributed by atoms with Crippen LogP contribution in [0.4, 0.5) is 11.4 Å². The molecule has 0 saturated carbocycles. The van der Waals surface area contributed by atoms with Crippen LogP contribution in [0.1, 0.15) is 36.2 Å². The van der Waals surface area contributed by atoms with Gasteiger partial charge in [-0.2, -0.15) is 0 Å². The zero-order valence-corrected chi connectivity index (χ0v) is 27.0. The minimum absolute atomic E-state index is 0.0258. The van der Waals surface area contributed by atoms with E-state index in [1.54, 1.807) is 78.9 Å². The Labute approximate surface area is 273 Å². The van der Waals surface area contributed by atoms with E-state index in [1.807, 2.05) is 38.1 Å². The number of methoxy groups -OCH3 is 2. The summed E-state index contributed by atoms with van der Waals surface area (Å²) in [5.74, 6) is 0.502. The van der Waals surface area contributed by atoms with Crippen LogP contribution in [-0.4, -0.2) is 43.8 Å². The summed E-state index contributed by atoms with van der Waals surface area (Å²) in [5.41, 5.74) is 2.15. The summed E-state index contributed by atoms with van der Waals surface area (Å²) in [4.78, 5) is 40.7. The van der Waals surface area contributed by atoms with Gasteiger partial charge in [0.25, 0.3) is 11.8 Å². The molecule has 238 valence electrons. The van der Waals surface area contributed by atoms with Gasteiger partial charge in [0.05, 0.1) is 31.8 Å². The van der Waals surface area contributed by atoms with E-state index in [1.165, 1.54) is 26.0 Å². The molecule has 0 aliphatic rings. The molecule has 0 aliphatic carbocycles. The molecule has 0 aromatic heterocycles. The first kappa shape index (κ1) is 33.7. The number of hydrogen-bond donors (Lipinski definition) is 3. The lowest BCUT2D eigenvalue weighted by atomic mass is 10.1. The van der Waals surface area contributed by atoms with Gasteiger partial charge in [0, 0.05) is 16.1 Å². The Balaban J connectivity index is 1.53. The third-order valence-corrected chi connectivity index (χ3v) is 8.08. The molecule has 0 radical (unpaired) electrons. The number of nitrogens with one attached hydrogen (secondary N) is 3. The maximum atomic E-state index is 13.6. The average Bonchev–Trinajstić information content (AvgIpc) is 3.08. The highest BCUT2D eigenvalue weighted by Gasteiger charge is 2.21. The highest BCUT2D eigenvalue weighted by atomic mass is 32.2. The molecule has 3 N–H and O–H groups in total. The lowest BCUT2D eigenvalue weighted by Gasteiger charge is -2.17. The Kier molecular flexibility index (Phi) is 12.3. The first-order chi connectivity index (χ1) is 22.3. The minimum atomic E-state index is -0.529. The van der Waals surface area contributed by atoms with Crippen LogP contribution in [-0.2, 0) is 9.59 Å². The van der Waals surface area contributed by atoms with E-state index in [-0.39, 0.29) is 11.6 Å². The number of carbonyl (C=O) groups excluding carboxylic acids is 3. The molecule has 1 unspecified atom stereocenters. The van der Waals surface area contributed by atoms with E-state index in [2.05, 4.69) is 16.0 Å². The SMILES string of the molecule is CCOc1ccccc1NC(=O)C(CC)Sc1cccc(NC(=O)/C(=C\c2ccc(OC)c(OC)c2)NC(=O)c2ccccc2)c1. The van der Waals surface area contributed by atoms with Crippen LogP contribution in [0.15, 0.2) is 108 Å². The fraction of sp³-hybridized carbons (Fsp3) is 0.194. The number of para-hydroxylation sites is 2. The van der Waals surface area contributed by atoms with Gasteiger partial charge in [0.15, 0.2) is 11.5 Å². The van der Waals surface area contributed by atoms with Gasteiger partial charge in [0.1, 0.15) is 11.4 Å². The van der Waals surface area contributed by atoms with E-state index >= 15 is 0 Å². The topological polar surface area (TPSA) is 115 Å². The third kappa shape index (κ3) is 9.15. The maximum absolute atomic E-state index is 13.6. The average molecular weight is 640 g/mol. The van der Waals surface area contributed by atoms with Crippen molar-refractivity contribution in [3.8, 4) is 17.2 Å². The number of rotatable bonds is 14. The lowest BCUT2D eigenvalue weighted by molar-refractivity contribution is -0.116. The van der Waals surface area contributed by atoms with E-state index in [9.17, 15) is 14.4 Å². The van der Waals surface area contributed by atoms with Crippen LogP contribution >= 0.6 is 11.8 Å². The Morgan fingerprint density at radius 3 is 2.24 bits per heavy atom. The highest BCUT2D eigenvalue weighted by molar-refractivity contribution is 8.00. The highest BCUT2D eigenvalue weighted by Crippen LogP contribution is 2.31. The van der Waals surface area contributed by atoms with Crippen molar-refractivity contribution in [3.63, 3.8) is 0 Å².